The van der Waals surface area contributed by atoms with Crippen molar-refractivity contribution in [2.45, 2.75) is 13.8 Å². The highest BCUT2D eigenvalue weighted by Gasteiger charge is 2.34. The van der Waals surface area contributed by atoms with Crippen molar-refractivity contribution in [3.05, 3.63) is 64.7 Å². The summed E-state index contributed by atoms with van der Waals surface area (Å²) in [6.45, 7) is 5.12. The Morgan fingerprint density at radius 1 is 0.880 bits per heavy atom. The number of rotatable bonds is 7. The largest absolute Gasteiger partial charge is 0.492 e. The molecule has 0 unspecified atom stereocenters. The molecule has 0 atom stereocenters. The van der Waals surface area contributed by atoms with Crippen LogP contribution in [0.5, 0.6) is 5.75 Å². The van der Waals surface area contributed by atoms with Crippen LogP contribution in [-0.2, 0) is 0 Å². The molecule has 2 aromatic rings. The summed E-state index contributed by atoms with van der Waals surface area (Å²) in [5, 5.41) is 0. The number of benzene rings is 2. The maximum atomic E-state index is 12.3. The zero-order valence-corrected chi connectivity index (χ0v) is 15.3. The molecule has 0 aliphatic carbocycles. The van der Waals surface area contributed by atoms with E-state index in [0.717, 1.165) is 22.6 Å². The number of carbonyl (C=O) groups excluding carboxylic acids is 2. The van der Waals surface area contributed by atoms with Crippen molar-refractivity contribution in [3.8, 4) is 5.75 Å². The van der Waals surface area contributed by atoms with Gasteiger partial charge < -0.3 is 4.74 Å². The molecule has 0 N–H and O–H groups in total. The van der Waals surface area contributed by atoms with Gasteiger partial charge in [0.1, 0.15) is 5.75 Å². The topological polar surface area (TPSA) is 46.6 Å². The summed E-state index contributed by atoms with van der Waals surface area (Å²) in [6, 6.07) is 13.1. The number of ether oxygens (including phenoxy) is 1. The lowest BCUT2D eigenvalue weighted by Crippen LogP contribution is -2.32. The Labute approximate surface area is 152 Å². The molecule has 0 spiro atoms. The van der Waals surface area contributed by atoms with Crippen LogP contribution in [0.3, 0.4) is 0 Å². The minimum Gasteiger partial charge on any atom is -0.492 e. The fourth-order valence-electron chi connectivity index (χ4n) is 2.93. The lowest BCUT2D eigenvalue weighted by Gasteiger charge is -2.14. The number of imide groups is 1. The predicted molar refractivity (Wildman–Crippen MR) is 101 cm³/mol. The Bertz CT molecular complexity index is 748. The minimum atomic E-state index is -0.187. The van der Waals surface area contributed by atoms with Crippen LogP contribution in [0.2, 0.25) is 0 Å². The normalized spacial score (nSPS) is 13.3. The van der Waals surface area contributed by atoms with E-state index in [1.54, 1.807) is 36.0 Å². The van der Waals surface area contributed by atoms with Crippen LogP contribution in [0, 0.1) is 13.8 Å². The molecule has 0 bridgehead atoms. The highest BCUT2D eigenvalue weighted by Crippen LogP contribution is 2.24. The van der Waals surface area contributed by atoms with E-state index in [1.807, 2.05) is 32.0 Å². The number of aryl methyl sites for hydroxylation is 2. The third-order valence-corrected chi connectivity index (χ3v) is 5.15. The zero-order chi connectivity index (χ0) is 17.8. The van der Waals surface area contributed by atoms with E-state index in [4.69, 9.17) is 4.74 Å². The second kappa shape index (κ2) is 7.74. The van der Waals surface area contributed by atoms with Crippen molar-refractivity contribution in [2.24, 2.45) is 0 Å². The summed E-state index contributed by atoms with van der Waals surface area (Å²) < 4.78 is 5.86. The van der Waals surface area contributed by atoms with Crippen LogP contribution >= 0.6 is 11.8 Å². The molecule has 4 nitrogen and oxygen atoms in total. The predicted octanol–water partition coefficient (Wildman–Crippen LogP) is 3.71. The van der Waals surface area contributed by atoms with Crippen LogP contribution in [0.1, 0.15) is 31.8 Å². The first-order valence-electron chi connectivity index (χ1n) is 8.31. The molecule has 130 valence electrons. The number of nitrogens with zero attached hydrogens (tertiary/aromatic N) is 1. The maximum Gasteiger partial charge on any atom is 0.261 e. The van der Waals surface area contributed by atoms with Crippen LogP contribution in [0.4, 0.5) is 0 Å². The molecular formula is C20H21NO3S. The molecule has 0 aromatic heterocycles. The summed E-state index contributed by atoms with van der Waals surface area (Å²) in [4.78, 5) is 25.9. The monoisotopic (exact) mass is 355 g/mol. The van der Waals surface area contributed by atoms with Gasteiger partial charge in [-0.1, -0.05) is 30.3 Å². The Morgan fingerprint density at radius 3 is 2.08 bits per heavy atom. The van der Waals surface area contributed by atoms with Crippen LogP contribution in [0.25, 0.3) is 0 Å². The van der Waals surface area contributed by atoms with E-state index in [0.29, 0.717) is 30.0 Å². The molecule has 25 heavy (non-hydrogen) atoms. The van der Waals surface area contributed by atoms with Crippen LogP contribution in [-0.4, -0.2) is 41.4 Å². The lowest BCUT2D eigenvalue weighted by molar-refractivity contribution is 0.0664. The second-order valence-electron chi connectivity index (χ2n) is 5.99. The van der Waals surface area contributed by atoms with Gasteiger partial charge in [-0.15, -0.1) is 0 Å². The summed E-state index contributed by atoms with van der Waals surface area (Å²) in [5.74, 6) is 2.10. The van der Waals surface area contributed by atoms with Gasteiger partial charge in [-0.05, 0) is 37.1 Å². The van der Waals surface area contributed by atoms with Crippen LogP contribution in [0.15, 0.2) is 42.5 Å². The quantitative estimate of drug-likeness (QED) is 0.561. The SMILES string of the molecule is Cc1cccc(C)c1OCCSCCN1C(=O)c2ccccc2C1=O. The number of thioether (sulfide) groups is 1. The van der Waals surface area contributed by atoms with E-state index in [1.165, 1.54) is 4.90 Å². The third-order valence-electron chi connectivity index (χ3n) is 4.22. The number of hydrogen-bond donors (Lipinski definition) is 0. The smallest absolute Gasteiger partial charge is 0.261 e. The molecule has 2 aromatic carbocycles. The molecule has 1 heterocycles. The van der Waals surface area contributed by atoms with Gasteiger partial charge in [-0.25, -0.2) is 0 Å². The van der Waals surface area contributed by atoms with E-state index in [-0.39, 0.29) is 11.8 Å². The van der Waals surface area contributed by atoms with Crippen molar-refractivity contribution < 1.29 is 14.3 Å². The van der Waals surface area contributed by atoms with Crippen LogP contribution < -0.4 is 4.74 Å². The minimum absolute atomic E-state index is 0.187. The van der Waals surface area contributed by atoms with Gasteiger partial charge >= 0.3 is 0 Å². The van der Waals surface area contributed by atoms with E-state index >= 15 is 0 Å². The Kier molecular flexibility index (Phi) is 5.43. The Balaban J connectivity index is 1.43. The first-order valence-corrected chi connectivity index (χ1v) is 9.47. The molecule has 3 rings (SSSR count). The van der Waals surface area contributed by atoms with Gasteiger partial charge in [0, 0.05) is 18.1 Å². The average Bonchev–Trinajstić information content (AvgIpc) is 2.85. The second-order valence-corrected chi connectivity index (χ2v) is 7.21. The van der Waals surface area contributed by atoms with E-state index < -0.39 is 0 Å². The standard InChI is InChI=1S/C20H21NO3S/c1-14-6-5-7-15(2)18(14)24-11-13-25-12-10-21-19(22)16-8-3-4-9-17(16)20(21)23/h3-9H,10-13H2,1-2H3. The van der Waals surface area contributed by atoms with E-state index in [2.05, 4.69) is 0 Å². The molecule has 2 amide bonds. The lowest BCUT2D eigenvalue weighted by atomic mass is 10.1. The fraction of sp³-hybridized carbons (Fsp3) is 0.300. The van der Waals surface area contributed by atoms with Crippen molar-refractivity contribution >= 4 is 23.6 Å². The molecule has 0 saturated heterocycles. The van der Waals surface area contributed by atoms with Crippen molar-refractivity contribution in [3.63, 3.8) is 0 Å². The summed E-state index contributed by atoms with van der Waals surface area (Å²) in [7, 11) is 0. The number of amides is 2. The van der Waals surface area contributed by atoms with Crippen molar-refractivity contribution in [2.75, 3.05) is 24.7 Å². The van der Waals surface area contributed by atoms with E-state index in [9.17, 15) is 9.59 Å². The molecule has 0 saturated carbocycles. The number of carbonyl (C=O) groups is 2. The summed E-state index contributed by atoms with van der Waals surface area (Å²) in [5.41, 5.74) is 3.29. The molecule has 1 aliphatic heterocycles. The van der Waals surface area contributed by atoms with Gasteiger partial charge in [-0.3, -0.25) is 14.5 Å². The van der Waals surface area contributed by atoms with Gasteiger partial charge in [0.15, 0.2) is 0 Å². The van der Waals surface area contributed by atoms with Gasteiger partial charge in [0.25, 0.3) is 11.8 Å². The average molecular weight is 355 g/mol. The van der Waals surface area contributed by atoms with Crippen molar-refractivity contribution in [1.82, 2.24) is 4.90 Å². The molecule has 0 radical (unpaired) electrons. The van der Waals surface area contributed by atoms with Gasteiger partial charge in [-0.2, -0.15) is 11.8 Å². The highest BCUT2D eigenvalue weighted by molar-refractivity contribution is 7.99. The molecule has 5 heteroatoms. The molecule has 1 aliphatic rings. The molecule has 0 fully saturated rings. The maximum absolute atomic E-state index is 12.3. The molecular weight excluding hydrogens is 334 g/mol. The van der Waals surface area contributed by atoms with Gasteiger partial charge in [0.05, 0.1) is 17.7 Å². The fourth-order valence-corrected chi connectivity index (χ4v) is 3.65. The summed E-state index contributed by atoms with van der Waals surface area (Å²) in [6.07, 6.45) is 0. The Hall–Kier alpha value is -2.27. The first-order chi connectivity index (χ1) is 12.1. The van der Waals surface area contributed by atoms with Crippen molar-refractivity contribution in [1.29, 1.82) is 0 Å². The number of hydrogen-bond acceptors (Lipinski definition) is 4. The summed E-state index contributed by atoms with van der Waals surface area (Å²) >= 11 is 1.68. The van der Waals surface area contributed by atoms with Gasteiger partial charge in [0.2, 0.25) is 0 Å². The number of fused-ring (bicyclic) bond motifs is 1. The number of para-hydroxylation sites is 1. The third kappa shape index (κ3) is 3.71. The Morgan fingerprint density at radius 2 is 1.48 bits per heavy atom. The first kappa shape index (κ1) is 17.5. The zero-order valence-electron chi connectivity index (χ0n) is 14.5. The highest BCUT2D eigenvalue weighted by atomic mass is 32.2.